The monoisotopic (exact) mass is 250 g/mol. The van der Waals surface area contributed by atoms with Crippen LogP contribution in [0.1, 0.15) is 34.1 Å². The Kier molecular flexibility index (Phi) is 11.6. The molecule has 16 heavy (non-hydrogen) atoms. The molecule has 1 rings (SSSR count). The third-order valence-electron chi connectivity index (χ3n) is 2.12. The Morgan fingerprint density at radius 3 is 2.19 bits per heavy atom. The molecular weight excluding hydrogens is 224 g/mol. The normalized spacial score (nSPS) is 19.9. The molecule has 0 N–H and O–H groups in total. The standard InChI is InChI=1S/C7H14O2.C4H12O2Si/c1-3-6(2)8-4-7-5-9-7;1-3-5-7-6-4-2/h6-7H,3-5H2,1-2H3;3-4,7H2,1-2H3. The maximum atomic E-state index is 5.39. The van der Waals surface area contributed by atoms with Gasteiger partial charge in [-0.3, -0.25) is 0 Å². The van der Waals surface area contributed by atoms with Crippen molar-refractivity contribution >= 4 is 10.0 Å². The first kappa shape index (κ1) is 16.1. The summed E-state index contributed by atoms with van der Waals surface area (Å²) in [6.07, 6.45) is 1.90. The largest absolute Gasteiger partial charge is 0.399 e. The molecule has 1 aliphatic heterocycles. The van der Waals surface area contributed by atoms with Gasteiger partial charge >= 0.3 is 10.0 Å². The van der Waals surface area contributed by atoms with Crippen LogP contribution in [0.3, 0.4) is 0 Å². The number of rotatable bonds is 8. The van der Waals surface area contributed by atoms with E-state index < -0.39 is 10.0 Å². The summed E-state index contributed by atoms with van der Waals surface area (Å²) in [6.45, 7) is 11.4. The fraction of sp³-hybridized carbons (Fsp3) is 1.00. The highest BCUT2D eigenvalue weighted by atomic mass is 28.3. The molecule has 0 bridgehead atoms. The van der Waals surface area contributed by atoms with Crippen LogP contribution < -0.4 is 0 Å². The first-order valence-electron chi connectivity index (χ1n) is 6.13. The summed E-state index contributed by atoms with van der Waals surface area (Å²) >= 11 is 0. The minimum absolute atomic E-state index is 0.397. The minimum atomic E-state index is -0.589. The quantitative estimate of drug-likeness (QED) is 0.369. The van der Waals surface area contributed by atoms with Crippen molar-refractivity contribution in [1.29, 1.82) is 0 Å². The van der Waals surface area contributed by atoms with Crippen molar-refractivity contribution in [3.8, 4) is 0 Å². The van der Waals surface area contributed by atoms with E-state index in [1.807, 2.05) is 13.8 Å². The van der Waals surface area contributed by atoms with Crippen LogP contribution in [0.25, 0.3) is 0 Å². The van der Waals surface area contributed by atoms with E-state index in [1.54, 1.807) is 0 Å². The topological polar surface area (TPSA) is 40.2 Å². The second kappa shape index (κ2) is 11.5. The lowest BCUT2D eigenvalue weighted by atomic mass is 10.3. The van der Waals surface area contributed by atoms with Crippen molar-refractivity contribution in [3.05, 3.63) is 0 Å². The van der Waals surface area contributed by atoms with Crippen LogP contribution in [-0.2, 0) is 18.3 Å². The number of hydrogen-bond donors (Lipinski definition) is 0. The van der Waals surface area contributed by atoms with Gasteiger partial charge in [0.25, 0.3) is 0 Å². The summed E-state index contributed by atoms with van der Waals surface area (Å²) in [5, 5.41) is 0. The molecule has 0 aromatic heterocycles. The van der Waals surface area contributed by atoms with Crippen molar-refractivity contribution in [1.82, 2.24) is 0 Å². The molecular formula is C11H26O4Si. The summed E-state index contributed by atoms with van der Waals surface area (Å²) in [4.78, 5) is 0. The number of ether oxygens (including phenoxy) is 2. The summed E-state index contributed by atoms with van der Waals surface area (Å²) in [6, 6.07) is 0. The zero-order chi connectivity index (χ0) is 12.2. The Morgan fingerprint density at radius 2 is 1.81 bits per heavy atom. The van der Waals surface area contributed by atoms with E-state index in [0.29, 0.717) is 12.2 Å². The molecule has 1 saturated heterocycles. The second-order valence-corrected chi connectivity index (χ2v) is 4.66. The number of epoxide rings is 1. The first-order chi connectivity index (χ1) is 7.74. The van der Waals surface area contributed by atoms with Crippen molar-refractivity contribution in [2.24, 2.45) is 0 Å². The van der Waals surface area contributed by atoms with Crippen molar-refractivity contribution in [2.75, 3.05) is 26.4 Å². The molecule has 2 atom stereocenters. The highest BCUT2D eigenvalue weighted by Gasteiger charge is 2.22. The predicted molar refractivity (Wildman–Crippen MR) is 67.2 cm³/mol. The van der Waals surface area contributed by atoms with Gasteiger partial charge in [0.05, 0.1) is 19.3 Å². The van der Waals surface area contributed by atoms with Crippen LogP contribution in [0, 0.1) is 0 Å². The molecule has 0 saturated carbocycles. The Bertz CT molecular complexity index is 138. The fourth-order valence-electron chi connectivity index (χ4n) is 0.779. The maximum absolute atomic E-state index is 5.39. The van der Waals surface area contributed by atoms with Gasteiger partial charge in [-0.25, -0.2) is 0 Å². The van der Waals surface area contributed by atoms with E-state index in [2.05, 4.69) is 13.8 Å². The van der Waals surface area contributed by atoms with Gasteiger partial charge in [-0.05, 0) is 27.2 Å². The van der Waals surface area contributed by atoms with E-state index in [4.69, 9.17) is 18.3 Å². The highest BCUT2D eigenvalue weighted by molar-refractivity contribution is 6.17. The van der Waals surface area contributed by atoms with Gasteiger partial charge in [0, 0.05) is 13.2 Å². The molecule has 0 aromatic carbocycles. The van der Waals surface area contributed by atoms with Crippen LogP contribution in [0.2, 0.25) is 0 Å². The van der Waals surface area contributed by atoms with Gasteiger partial charge in [0.1, 0.15) is 6.10 Å². The zero-order valence-corrected chi connectivity index (χ0v) is 12.4. The smallest absolute Gasteiger partial charge is 0.304 e. The van der Waals surface area contributed by atoms with Gasteiger partial charge in [-0.15, -0.1) is 0 Å². The Balaban J connectivity index is 0.000000293. The zero-order valence-electron chi connectivity index (χ0n) is 11.0. The average molecular weight is 250 g/mol. The van der Waals surface area contributed by atoms with E-state index >= 15 is 0 Å². The molecule has 1 aliphatic rings. The lowest BCUT2D eigenvalue weighted by Gasteiger charge is -2.07. The first-order valence-corrected chi connectivity index (χ1v) is 7.28. The van der Waals surface area contributed by atoms with Crippen molar-refractivity contribution < 1.29 is 18.3 Å². The molecule has 0 aromatic rings. The lowest BCUT2D eigenvalue weighted by molar-refractivity contribution is 0.0523. The van der Waals surface area contributed by atoms with E-state index in [0.717, 1.165) is 32.8 Å². The Labute approximate surface area is 102 Å². The van der Waals surface area contributed by atoms with E-state index in [1.165, 1.54) is 0 Å². The van der Waals surface area contributed by atoms with Crippen molar-refractivity contribution in [2.45, 2.75) is 46.3 Å². The second-order valence-electron chi connectivity index (χ2n) is 3.61. The predicted octanol–water partition coefficient (Wildman–Crippen LogP) is 1.26. The molecule has 5 heteroatoms. The maximum Gasteiger partial charge on any atom is 0.304 e. The summed E-state index contributed by atoms with van der Waals surface area (Å²) < 4.78 is 20.3. The highest BCUT2D eigenvalue weighted by Crippen LogP contribution is 2.10. The molecule has 2 unspecified atom stereocenters. The van der Waals surface area contributed by atoms with Crippen LogP contribution in [0.4, 0.5) is 0 Å². The molecule has 0 aliphatic carbocycles. The van der Waals surface area contributed by atoms with Gasteiger partial charge in [0.15, 0.2) is 0 Å². The molecule has 4 nitrogen and oxygen atoms in total. The number of hydrogen-bond acceptors (Lipinski definition) is 4. The Morgan fingerprint density at radius 1 is 1.25 bits per heavy atom. The van der Waals surface area contributed by atoms with Gasteiger partial charge in [-0.2, -0.15) is 0 Å². The van der Waals surface area contributed by atoms with E-state index in [-0.39, 0.29) is 0 Å². The molecule has 1 fully saturated rings. The van der Waals surface area contributed by atoms with Crippen LogP contribution in [-0.4, -0.2) is 48.6 Å². The van der Waals surface area contributed by atoms with Crippen LogP contribution in [0.15, 0.2) is 0 Å². The Hall–Kier alpha value is 0.0569. The lowest BCUT2D eigenvalue weighted by Crippen LogP contribution is -2.10. The van der Waals surface area contributed by atoms with Crippen LogP contribution in [0.5, 0.6) is 0 Å². The third-order valence-corrected chi connectivity index (χ3v) is 3.27. The molecule has 0 spiro atoms. The third kappa shape index (κ3) is 12.1. The summed E-state index contributed by atoms with van der Waals surface area (Å²) in [5.74, 6) is 0. The minimum Gasteiger partial charge on any atom is -0.399 e. The molecule has 0 radical (unpaired) electrons. The molecule has 1 heterocycles. The fourth-order valence-corrected chi connectivity index (χ4v) is 1.23. The van der Waals surface area contributed by atoms with Gasteiger partial charge in [-0.1, -0.05) is 6.92 Å². The van der Waals surface area contributed by atoms with Gasteiger partial charge in [0.2, 0.25) is 0 Å². The van der Waals surface area contributed by atoms with E-state index in [9.17, 15) is 0 Å². The average Bonchev–Trinajstić information content (AvgIpc) is 3.11. The van der Waals surface area contributed by atoms with Crippen molar-refractivity contribution in [3.63, 3.8) is 0 Å². The molecule has 98 valence electrons. The van der Waals surface area contributed by atoms with Gasteiger partial charge < -0.3 is 18.3 Å². The SMILES string of the molecule is CCC(C)OCC1CO1.CCO[SiH2]OCC. The summed E-state index contributed by atoms with van der Waals surface area (Å²) in [5.41, 5.74) is 0. The van der Waals surface area contributed by atoms with Crippen LogP contribution >= 0.6 is 0 Å². The molecule has 0 amide bonds. The summed E-state index contributed by atoms with van der Waals surface area (Å²) in [7, 11) is -0.589.